The van der Waals surface area contributed by atoms with Gasteiger partial charge in [0.1, 0.15) is 6.61 Å². The lowest BCUT2D eigenvalue weighted by Crippen LogP contribution is -2.13. The third-order valence-corrected chi connectivity index (χ3v) is 3.49. The van der Waals surface area contributed by atoms with Crippen LogP contribution < -0.4 is 5.73 Å². The van der Waals surface area contributed by atoms with E-state index in [1.54, 1.807) is 12.1 Å². The molecular weight excluding hydrogens is 269 g/mol. The van der Waals surface area contributed by atoms with Crippen molar-refractivity contribution in [3.05, 3.63) is 35.4 Å². The Bertz CT molecular complexity index is 482. The lowest BCUT2D eigenvalue weighted by atomic mass is 9.90. The maximum atomic E-state index is 12.5. The van der Waals surface area contributed by atoms with Crippen molar-refractivity contribution >= 4 is 6.02 Å². The lowest BCUT2D eigenvalue weighted by Gasteiger charge is -2.18. The van der Waals surface area contributed by atoms with E-state index in [0.29, 0.717) is 6.61 Å². The van der Waals surface area contributed by atoms with Gasteiger partial charge in [-0.25, -0.2) is 4.99 Å². The van der Waals surface area contributed by atoms with Crippen molar-refractivity contribution < 1.29 is 17.9 Å². The molecule has 0 aromatic heterocycles. The number of hydrogen-bond acceptors (Lipinski definition) is 3. The minimum absolute atomic E-state index is 0.0118. The van der Waals surface area contributed by atoms with Gasteiger partial charge in [-0.1, -0.05) is 19.1 Å². The van der Waals surface area contributed by atoms with Crippen LogP contribution in [0.4, 0.5) is 13.2 Å². The van der Waals surface area contributed by atoms with E-state index >= 15 is 0 Å². The maximum absolute atomic E-state index is 12.5. The molecule has 2 rings (SSSR count). The Morgan fingerprint density at radius 1 is 1.35 bits per heavy atom. The topological polar surface area (TPSA) is 47.6 Å². The zero-order chi connectivity index (χ0) is 14.8. The van der Waals surface area contributed by atoms with Gasteiger partial charge in [0.2, 0.25) is 0 Å². The fourth-order valence-electron chi connectivity index (χ4n) is 2.37. The lowest BCUT2D eigenvalue weighted by molar-refractivity contribution is -0.137. The van der Waals surface area contributed by atoms with Crippen LogP contribution in [0, 0.1) is 0 Å². The van der Waals surface area contributed by atoms with E-state index in [1.807, 2.05) is 6.92 Å². The monoisotopic (exact) mass is 286 g/mol. The zero-order valence-corrected chi connectivity index (χ0v) is 11.2. The van der Waals surface area contributed by atoms with Crippen LogP contribution in [0.1, 0.15) is 36.8 Å². The molecule has 1 aliphatic heterocycles. The van der Waals surface area contributed by atoms with Crippen LogP contribution in [0.25, 0.3) is 0 Å². The largest absolute Gasteiger partial charge is 0.463 e. The Labute approximate surface area is 115 Å². The Morgan fingerprint density at radius 3 is 2.45 bits per heavy atom. The van der Waals surface area contributed by atoms with Crippen molar-refractivity contribution in [3.63, 3.8) is 0 Å². The predicted octanol–water partition coefficient (Wildman–Crippen LogP) is 3.30. The van der Waals surface area contributed by atoms with E-state index < -0.39 is 11.7 Å². The Morgan fingerprint density at radius 2 is 2.00 bits per heavy atom. The van der Waals surface area contributed by atoms with E-state index in [0.717, 1.165) is 30.5 Å². The molecule has 6 heteroatoms. The van der Waals surface area contributed by atoms with Gasteiger partial charge in [0.25, 0.3) is 6.02 Å². The van der Waals surface area contributed by atoms with Gasteiger partial charge in [-0.2, -0.15) is 13.2 Å². The fourth-order valence-corrected chi connectivity index (χ4v) is 2.37. The Hall–Kier alpha value is -1.72. The van der Waals surface area contributed by atoms with Crippen molar-refractivity contribution in [1.82, 2.24) is 0 Å². The molecule has 1 aliphatic rings. The summed E-state index contributed by atoms with van der Waals surface area (Å²) in [5.74, 6) is 0.153. The highest BCUT2D eigenvalue weighted by atomic mass is 19.4. The van der Waals surface area contributed by atoms with E-state index in [4.69, 9.17) is 10.5 Å². The molecule has 2 unspecified atom stereocenters. The van der Waals surface area contributed by atoms with Gasteiger partial charge in [-0.3, -0.25) is 0 Å². The van der Waals surface area contributed by atoms with Crippen LogP contribution in [-0.4, -0.2) is 18.7 Å². The normalized spacial score (nSPS) is 20.4. The molecule has 3 nitrogen and oxygen atoms in total. The first-order chi connectivity index (χ1) is 9.40. The molecule has 110 valence electrons. The summed E-state index contributed by atoms with van der Waals surface area (Å²) in [6.07, 6.45) is -2.74. The highest BCUT2D eigenvalue weighted by Crippen LogP contribution is 2.32. The first kappa shape index (κ1) is 14.7. The number of nitrogens with zero attached hydrogens (tertiary/aromatic N) is 1. The van der Waals surface area contributed by atoms with Gasteiger partial charge in [0, 0.05) is 0 Å². The number of hydrogen-bond donors (Lipinski definition) is 1. The highest BCUT2D eigenvalue weighted by molar-refractivity contribution is 5.73. The minimum Gasteiger partial charge on any atom is -0.463 e. The van der Waals surface area contributed by atoms with Gasteiger partial charge in [0.15, 0.2) is 0 Å². The number of ether oxygens (including phenoxy) is 1. The molecule has 2 N–H and O–H groups in total. The molecular formula is C14H17F3N2O. The third-order valence-electron chi connectivity index (χ3n) is 3.49. The first-order valence-corrected chi connectivity index (χ1v) is 6.53. The summed E-state index contributed by atoms with van der Waals surface area (Å²) in [5, 5.41) is 0. The SMILES string of the molecule is CCC(CC1COC(N)=N1)c1ccc(C(F)(F)F)cc1. The van der Waals surface area contributed by atoms with Crippen LogP contribution >= 0.6 is 0 Å². The molecule has 0 radical (unpaired) electrons. The summed E-state index contributed by atoms with van der Waals surface area (Å²) in [7, 11) is 0. The highest BCUT2D eigenvalue weighted by Gasteiger charge is 2.30. The molecule has 0 saturated heterocycles. The Balaban J connectivity index is 2.08. The van der Waals surface area contributed by atoms with Gasteiger partial charge in [-0.05, 0) is 36.5 Å². The molecule has 20 heavy (non-hydrogen) atoms. The van der Waals surface area contributed by atoms with Crippen LogP contribution in [0.15, 0.2) is 29.3 Å². The molecule has 0 amide bonds. The second-order valence-corrected chi connectivity index (χ2v) is 4.89. The summed E-state index contributed by atoms with van der Waals surface area (Å²) in [6, 6.07) is 5.51. The standard InChI is InChI=1S/C14H17F3N2O/c1-2-9(7-12-8-20-13(18)19-12)10-3-5-11(6-4-10)14(15,16)17/h3-6,9,12H,2,7-8H2,1H3,(H2,18,19). The fraction of sp³-hybridized carbons (Fsp3) is 0.500. The average molecular weight is 286 g/mol. The number of aliphatic imine (C=N–C) groups is 1. The van der Waals surface area contributed by atoms with Crippen LogP contribution in [0.5, 0.6) is 0 Å². The van der Waals surface area contributed by atoms with Gasteiger partial charge in [-0.15, -0.1) is 0 Å². The number of rotatable bonds is 4. The third kappa shape index (κ3) is 3.43. The molecule has 0 fully saturated rings. The number of nitrogens with two attached hydrogens (primary N) is 1. The summed E-state index contributed by atoms with van der Waals surface area (Å²) in [5.41, 5.74) is 5.72. The molecule has 1 heterocycles. The minimum atomic E-state index is -4.29. The van der Waals surface area contributed by atoms with Crippen molar-refractivity contribution in [1.29, 1.82) is 0 Å². The number of benzene rings is 1. The quantitative estimate of drug-likeness (QED) is 0.923. The second kappa shape index (κ2) is 5.73. The van der Waals surface area contributed by atoms with E-state index in [-0.39, 0.29) is 18.0 Å². The zero-order valence-electron chi connectivity index (χ0n) is 11.2. The van der Waals surface area contributed by atoms with Crippen molar-refractivity contribution in [2.75, 3.05) is 6.61 Å². The number of amidine groups is 1. The molecule has 0 spiro atoms. The molecule has 0 aliphatic carbocycles. The summed E-state index contributed by atoms with van der Waals surface area (Å²) < 4.78 is 42.7. The smallest absolute Gasteiger partial charge is 0.416 e. The van der Waals surface area contributed by atoms with Crippen LogP contribution in [-0.2, 0) is 10.9 Å². The maximum Gasteiger partial charge on any atom is 0.416 e. The molecule has 2 atom stereocenters. The molecule has 1 aromatic carbocycles. The van der Waals surface area contributed by atoms with Crippen LogP contribution in [0.2, 0.25) is 0 Å². The summed E-state index contributed by atoms with van der Waals surface area (Å²) in [6.45, 7) is 2.45. The molecule has 1 aromatic rings. The number of alkyl halides is 3. The van der Waals surface area contributed by atoms with Crippen LogP contribution in [0.3, 0.4) is 0 Å². The van der Waals surface area contributed by atoms with Crippen molar-refractivity contribution in [2.24, 2.45) is 10.7 Å². The first-order valence-electron chi connectivity index (χ1n) is 6.53. The number of halogens is 3. The Kier molecular flexibility index (Phi) is 4.20. The van der Waals surface area contributed by atoms with Gasteiger partial charge in [0.05, 0.1) is 11.6 Å². The van der Waals surface area contributed by atoms with E-state index in [9.17, 15) is 13.2 Å². The van der Waals surface area contributed by atoms with Crippen molar-refractivity contribution in [3.8, 4) is 0 Å². The van der Waals surface area contributed by atoms with E-state index in [2.05, 4.69) is 4.99 Å². The second-order valence-electron chi connectivity index (χ2n) is 4.89. The average Bonchev–Trinajstić information content (AvgIpc) is 2.81. The molecule has 0 saturated carbocycles. The summed E-state index contributed by atoms with van der Waals surface area (Å²) >= 11 is 0. The summed E-state index contributed by atoms with van der Waals surface area (Å²) in [4.78, 5) is 4.15. The van der Waals surface area contributed by atoms with Gasteiger partial charge < -0.3 is 10.5 Å². The van der Waals surface area contributed by atoms with E-state index in [1.165, 1.54) is 0 Å². The predicted molar refractivity (Wildman–Crippen MR) is 70.5 cm³/mol. The van der Waals surface area contributed by atoms with Crippen molar-refractivity contribution in [2.45, 2.75) is 37.9 Å². The molecule has 0 bridgehead atoms. The van der Waals surface area contributed by atoms with Gasteiger partial charge >= 0.3 is 6.18 Å².